The SMILES string of the molecule is COc1ccc(/C=C2/C=Nc3ccccc32)cc1. The minimum absolute atomic E-state index is 0.873. The number of hydrogen-bond acceptors (Lipinski definition) is 2. The molecule has 2 heteroatoms. The van der Waals surface area contributed by atoms with E-state index in [1.807, 2.05) is 48.7 Å². The van der Waals surface area contributed by atoms with E-state index in [4.69, 9.17) is 4.74 Å². The van der Waals surface area contributed by atoms with E-state index in [-0.39, 0.29) is 0 Å². The molecule has 18 heavy (non-hydrogen) atoms. The third-order valence-electron chi connectivity index (χ3n) is 3.00. The van der Waals surface area contributed by atoms with Crippen molar-refractivity contribution in [2.75, 3.05) is 7.11 Å². The molecule has 0 amide bonds. The lowest BCUT2D eigenvalue weighted by atomic mass is 10.0. The number of nitrogens with zero attached hydrogens (tertiary/aromatic N) is 1. The van der Waals surface area contributed by atoms with E-state index in [0.29, 0.717) is 0 Å². The highest BCUT2D eigenvalue weighted by molar-refractivity contribution is 6.21. The first-order valence-electron chi connectivity index (χ1n) is 5.86. The zero-order valence-corrected chi connectivity index (χ0v) is 10.1. The molecule has 0 unspecified atom stereocenters. The molecule has 2 aromatic carbocycles. The summed E-state index contributed by atoms with van der Waals surface area (Å²) in [7, 11) is 1.67. The summed E-state index contributed by atoms with van der Waals surface area (Å²) in [6.45, 7) is 0. The van der Waals surface area contributed by atoms with Crippen LogP contribution in [-0.4, -0.2) is 13.3 Å². The van der Waals surface area contributed by atoms with Crippen molar-refractivity contribution < 1.29 is 4.74 Å². The number of methoxy groups -OCH3 is 1. The monoisotopic (exact) mass is 235 g/mol. The molecule has 3 rings (SSSR count). The van der Waals surface area contributed by atoms with Gasteiger partial charge in [-0.1, -0.05) is 30.3 Å². The van der Waals surface area contributed by atoms with Crippen LogP contribution in [0.15, 0.2) is 53.5 Å². The number of aliphatic imine (C=N–C) groups is 1. The van der Waals surface area contributed by atoms with Gasteiger partial charge in [0.25, 0.3) is 0 Å². The molecule has 0 aromatic heterocycles. The molecule has 1 aliphatic heterocycles. The first-order chi connectivity index (χ1) is 8.86. The molecule has 0 fully saturated rings. The fourth-order valence-electron chi connectivity index (χ4n) is 2.03. The second kappa shape index (κ2) is 4.49. The van der Waals surface area contributed by atoms with Gasteiger partial charge >= 0.3 is 0 Å². The van der Waals surface area contributed by atoms with Crippen LogP contribution in [0.3, 0.4) is 0 Å². The fourth-order valence-corrected chi connectivity index (χ4v) is 2.03. The molecule has 1 heterocycles. The molecule has 0 radical (unpaired) electrons. The highest BCUT2D eigenvalue weighted by Crippen LogP contribution is 2.32. The van der Waals surface area contributed by atoms with E-state index in [1.54, 1.807) is 7.11 Å². The third-order valence-corrected chi connectivity index (χ3v) is 3.00. The van der Waals surface area contributed by atoms with Crippen molar-refractivity contribution in [2.45, 2.75) is 0 Å². The Labute approximate surface area is 106 Å². The van der Waals surface area contributed by atoms with E-state index in [9.17, 15) is 0 Å². The standard InChI is InChI=1S/C16H13NO/c1-18-14-8-6-12(7-9-14)10-13-11-17-16-5-3-2-4-15(13)16/h2-11H,1H3/b13-10-. The molecular weight excluding hydrogens is 222 g/mol. The molecule has 1 aliphatic rings. The molecule has 0 saturated carbocycles. The lowest BCUT2D eigenvalue weighted by molar-refractivity contribution is 0.415. The number of fused-ring (bicyclic) bond motifs is 1. The molecule has 0 N–H and O–H groups in total. The van der Waals surface area contributed by atoms with Crippen LogP contribution >= 0.6 is 0 Å². The van der Waals surface area contributed by atoms with Crippen molar-refractivity contribution in [3.63, 3.8) is 0 Å². The summed E-state index contributed by atoms with van der Waals surface area (Å²) in [6, 6.07) is 16.2. The van der Waals surface area contributed by atoms with Crippen LogP contribution < -0.4 is 4.74 Å². The first kappa shape index (κ1) is 10.8. The van der Waals surface area contributed by atoms with Crippen molar-refractivity contribution in [3.8, 4) is 5.75 Å². The van der Waals surface area contributed by atoms with E-state index >= 15 is 0 Å². The summed E-state index contributed by atoms with van der Waals surface area (Å²) >= 11 is 0. The van der Waals surface area contributed by atoms with E-state index < -0.39 is 0 Å². The van der Waals surface area contributed by atoms with Crippen molar-refractivity contribution in [1.29, 1.82) is 0 Å². The van der Waals surface area contributed by atoms with E-state index in [1.165, 1.54) is 5.56 Å². The maximum absolute atomic E-state index is 5.15. The molecule has 0 atom stereocenters. The maximum Gasteiger partial charge on any atom is 0.118 e. The average Bonchev–Trinajstić information content (AvgIpc) is 2.83. The number of rotatable bonds is 2. The largest absolute Gasteiger partial charge is 0.497 e. The van der Waals surface area contributed by atoms with Crippen molar-refractivity contribution in [1.82, 2.24) is 0 Å². The van der Waals surface area contributed by atoms with Gasteiger partial charge in [0.2, 0.25) is 0 Å². The second-order valence-corrected chi connectivity index (χ2v) is 4.15. The number of ether oxygens (including phenoxy) is 1. The quantitative estimate of drug-likeness (QED) is 0.772. The zero-order valence-electron chi connectivity index (χ0n) is 10.1. The molecule has 0 bridgehead atoms. The summed E-state index contributed by atoms with van der Waals surface area (Å²) in [6.07, 6.45) is 4.05. The summed E-state index contributed by atoms with van der Waals surface area (Å²) in [5.41, 5.74) is 4.52. The van der Waals surface area contributed by atoms with Crippen LogP contribution in [0.5, 0.6) is 5.75 Å². The second-order valence-electron chi connectivity index (χ2n) is 4.15. The predicted molar refractivity (Wildman–Crippen MR) is 75.5 cm³/mol. The fraction of sp³-hybridized carbons (Fsp3) is 0.0625. The van der Waals surface area contributed by atoms with Gasteiger partial charge in [-0.05, 0) is 29.8 Å². The molecule has 0 spiro atoms. The van der Waals surface area contributed by atoms with Gasteiger partial charge in [-0.3, -0.25) is 4.99 Å². The first-order valence-corrected chi connectivity index (χ1v) is 5.86. The Morgan fingerprint density at radius 2 is 1.78 bits per heavy atom. The summed E-state index contributed by atoms with van der Waals surface area (Å²) in [5, 5.41) is 0. The Morgan fingerprint density at radius 1 is 1.00 bits per heavy atom. The highest BCUT2D eigenvalue weighted by Gasteiger charge is 2.10. The highest BCUT2D eigenvalue weighted by atomic mass is 16.5. The third kappa shape index (κ3) is 1.93. The lowest BCUT2D eigenvalue weighted by Crippen LogP contribution is -1.83. The summed E-state index contributed by atoms with van der Waals surface area (Å²) < 4.78 is 5.15. The van der Waals surface area contributed by atoms with Gasteiger partial charge in [0.15, 0.2) is 0 Å². The van der Waals surface area contributed by atoms with Crippen LogP contribution in [0.2, 0.25) is 0 Å². The van der Waals surface area contributed by atoms with Crippen LogP contribution in [0.1, 0.15) is 11.1 Å². The molecule has 0 saturated heterocycles. The average molecular weight is 235 g/mol. The number of hydrogen-bond donors (Lipinski definition) is 0. The zero-order chi connectivity index (χ0) is 12.4. The number of benzene rings is 2. The van der Waals surface area contributed by atoms with Crippen molar-refractivity contribution >= 4 is 23.6 Å². The van der Waals surface area contributed by atoms with Crippen LogP contribution in [0.4, 0.5) is 5.69 Å². The van der Waals surface area contributed by atoms with Gasteiger partial charge in [0.05, 0.1) is 12.8 Å². The Hall–Kier alpha value is -2.35. The molecule has 0 aliphatic carbocycles. The van der Waals surface area contributed by atoms with Gasteiger partial charge in [0.1, 0.15) is 5.75 Å². The van der Waals surface area contributed by atoms with Gasteiger partial charge in [-0.25, -0.2) is 0 Å². The van der Waals surface area contributed by atoms with E-state index in [2.05, 4.69) is 17.1 Å². The van der Waals surface area contributed by atoms with Crippen LogP contribution in [0, 0.1) is 0 Å². The summed E-state index contributed by atoms with van der Waals surface area (Å²) in [5.74, 6) is 0.873. The van der Waals surface area contributed by atoms with Gasteiger partial charge in [0, 0.05) is 17.4 Å². The molecule has 2 aromatic rings. The lowest BCUT2D eigenvalue weighted by Gasteiger charge is -2.01. The molecule has 2 nitrogen and oxygen atoms in total. The van der Waals surface area contributed by atoms with Crippen molar-refractivity contribution in [2.24, 2.45) is 4.99 Å². The Balaban J connectivity index is 1.96. The van der Waals surface area contributed by atoms with E-state index in [0.717, 1.165) is 22.6 Å². The predicted octanol–water partition coefficient (Wildman–Crippen LogP) is 3.95. The molecule has 88 valence electrons. The van der Waals surface area contributed by atoms with Gasteiger partial charge in [-0.2, -0.15) is 0 Å². The smallest absolute Gasteiger partial charge is 0.118 e. The Morgan fingerprint density at radius 3 is 2.56 bits per heavy atom. The minimum Gasteiger partial charge on any atom is -0.497 e. The van der Waals surface area contributed by atoms with Gasteiger partial charge < -0.3 is 4.74 Å². The van der Waals surface area contributed by atoms with Crippen LogP contribution in [-0.2, 0) is 0 Å². The molecular formula is C16H13NO. The topological polar surface area (TPSA) is 21.6 Å². The Kier molecular flexibility index (Phi) is 2.69. The number of allylic oxidation sites excluding steroid dienone is 1. The van der Waals surface area contributed by atoms with Crippen LogP contribution in [0.25, 0.3) is 11.6 Å². The summed E-state index contributed by atoms with van der Waals surface area (Å²) in [4.78, 5) is 4.39. The maximum atomic E-state index is 5.15. The van der Waals surface area contributed by atoms with Crippen molar-refractivity contribution in [3.05, 3.63) is 59.7 Å². The van der Waals surface area contributed by atoms with Gasteiger partial charge in [-0.15, -0.1) is 0 Å². The Bertz CT molecular complexity index is 624. The number of para-hydroxylation sites is 1. The normalized spacial score (nSPS) is 14.8. The minimum atomic E-state index is 0.873.